The summed E-state index contributed by atoms with van der Waals surface area (Å²) in [5, 5.41) is 2.83. The van der Waals surface area contributed by atoms with E-state index in [1.807, 2.05) is 31.2 Å². The quantitative estimate of drug-likeness (QED) is 0.778. The first-order valence-corrected chi connectivity index (χ1v) is 5.28. The number of hydrogen-bond acceptors (Lipinski definition) is 3. The first-order chi connectivity index (χ1) is 7.67. The van der Waals surface area contributed by atoms with Gasteiger partial charge in [-0.25, -0.2) is 0 Å². The molecule has 1 unspecified atom stereocenters. The van der Waals surface area contributed by atoms with Crippen LogP contribution in [0.5, 0.6) is 5.75 Å². The summed E-state index contributed by atoms with van der Waals surface area (Å²) in [6.45, 7) is 2.70. The van der Waals surface area contributed by atoms with Gasteiger partial charge in [0, 0.05) is 19.0 Å². The van der Waals surface area contributed by atoms with Crippen LogP contribution in [0, 0.1) is 5.92 Å². The largest absolute Gasteiger partial charge is 0.497 e. The van der Waals surface area contributed by atoms with Gasteiger partial charge in [-0.1, -0.05) is 19.1 Å². The summed E-state index contributed by atoms with van der Waals surface area (Å²) in [5.41, 5.74) is 6.44. The van der Waals surface area contributed by atoms with Crippen molar-refractivity contribution >= 4 is 5.91 Å². The van der Waals surface area contributed by atoms with Crippen molar-refractivity contribution < 1.29 is 9.53 Å². The highest BCUT2D eigenvalue weighted by atomic mass is 16.5. The Bertz CT molecular complexity index is 335. The second-order valence-corrected chi connectivity index (χ2v) is 3.70. The SMILES string of the molecule is COc1ccc(CNC(=O)C(C)CN)cc1. The lowest BCUT2D eigenvalue weighted by Gasteiger charge is -2.10. The number of carbonyl (C=O) groups excluding carboxylic acids is 1. The molecule has 0 heterocycles. The van der Waals surface area contributed by atoms with Gasteiger partial charge in [0.1, 0.15) is 5.75 Å². The lowest BCUT2D eigenvalue weighted by Crippen LogP contribution is -2.32. The molecule has 0 fully saturated rings. The normalized spacial score (nSPS) is 11.9. The van der Waals surface area contributed by atoms with E-state index in [4.69, 9.17) is 10.5 Å². The van der Waals surface area contributed by atoms with Crippen LogP contribution in [-0.2, 0) is 11.3 Å². The standard InChI is InChI=1S/C12H18N2O2/c1-9(7-13)12(15)14-8-10-3-5-11(16-2)6-4-10/h3-6,9H,7-8,13H2,1-2H3,(H,14,15). The van der Waals surface area contributed by atoms with Crippen LogP contribution in [0.25, 0.3) is 0 Å². The molecule has 3 N–H and O–H groups in total. The first kappa shape index (κ1) is 12.5. The van der Waals surface area contributed by atoms with Crippen molar-refractivity contribution in [3.05, 3.63) is 29.8 Å². The lowest BCUT2D eigenvalue weighted by molar-refractivity contribution is -0.124. The number of rotatable bonds is 5. The maximum Gasteiger partial charge on any atom is 0.224 e. The summed E-state index contributed by atoms with van der Waals surface area (Å²) in [5.74, 6) is 0.655. The molecule has 4 nitrogen and oxygen atoms in total. The Hall–Kier alpha value is -1.55. The molecular formula is C12H18N2O2. The van der Waals surface area contributed by atoms with E-state index in [-0.39, 0.29) is 11.8 Å². The Morgan fingerprint density at radius 1 is 1.44 bits per heavy atom. The molecule has 0 aromatic heterocycles. The fourth-order valence-electron chi connectivity index (χ4n) is 1.21. The molecule has 0 aliphatic carbocycles. The maximum absolute atomic E-state index is 11.5. The van der Waals surface area contributed by atoms with Gasteiger partial charge in [0.2, 0.25) is 5.91 Å². The fraction of sp³-hybridized carbons (Fsp3) is 0.417. The van der Waals surface area contributed by atoms with Gasteiger partial charge in [0.25, 0.3) is 0 Å². The second-order valence-electron chi connectivity index (χ2n) is 3.70. The highest BCUT2D eigenvalue weighted by Crippen LogP contribution is 2.10. The van der Waals surface area contributed by atoms with Gasteiger partial charge in [-0.3, -0.25) is 4.79 Å². The third-order valence-corrected chi connectivity index (χ3v) is 2.43. The van der Waals surface area contributed by atoms with Gasteiger partial charge in [-0.05, 0) is 17.7 Å². The van der Waals surface area contributed by atoms with Crippen molar-refractivity contribution in [1.29, 1.82) is 0 Å². The molecule has 4 heteroatoms. The predicted octanol–water partition coefficient (Wildman–Crippen LogP) is 0.906. The van der Waals surface area contributed by atoms with E-state index in [0.29, 0.717) is 13.1 Å². The Balaban J connectivity index is 2.45. The van der Waals surface area contributed by atoms with Crippen LogP contribution in [0.3, 0.4) is 0 Å². The molecule has 1 amide bonds. The zero-order valence-corrected chi connectivity index (χ0v) is 9.69. The minimum atomic E-state index is -0.141. The number of amides is 1. The lowest BCUT2D eigenvalue weighted by atomic mass is 10.1. The number of hydrogen-bond donors (Lipinski definition) is 2. The Kier molecular flexibility index (Phi) is 4.79. The number of benzene rings is 1. The number of nitrogens with two attached hydrogens (primary N) is 1. The molecule has 0 aliphatic heterocycles. The topological polar surface area (TPSA) is 64.3 Å². The minimum Gasteiger partial charge on any atom is -0.497 e. The number of carbonyl (C=O) groups is 1. The van der Waals surface area contributed by atoms with Crippen LogP contribution in [0.4, 0.5) is 0 Å². The van der Waals surface area contributed by atoms with Crippen LogP contribution in [0.1, 0.15) is 12.5 Å². The number of ether oxygens (including phenoxy) is 1. The Morgan fingerprint density at radius 3 is 2.56 bits per heavy atom. The zero-order chi connectivity index (χ0) is 12.0. The summed E-state index contributed by atoms with van der Waals surface area (Å²) < 4.78 is 5.05. The third-order valence-electron chi connectivity index (χ3n) is 2.43. The summed E-state index contributed by atoms with van der Waals surface area (Å²) in [4.78, 5) is 11.5. The van der Waals surface area contributed by atoms with Crippen molar-refractivity contribution in [3.8, 4) is 5.75 Å². The Morgan fingerprint density at radius 2 is 2.06 bits per heavy atom. The van der Waals surface area contributed by atoms with Crippen molar-refractivity contribution in [2.75, 3.05) is 13.7 Å². The number of nitrogens with one attached hydrogen (secondary N) is 1. The predicted molar refractivity (Wildman–Crippen MR) is 63.1 cm³/mol. The molecule has 1 atom stereocenters. The molecule has 0 radical (unpaired) electrons. The van der Waals surface area contributed by atoms with Gasteiger partial charge >= 0.3 is 0 Å². The van der Waals surface area contributed by atoms with E-state index in [1.165, 1.54) is 0 Å². The molecular weight excluding hydrogens is 204 g/mol. The van der Waals surface area contributed by atoms with E-state index in [1.54, 1.807) is 7.11 Å². The molecule has 1 aromatic rings. The van der Waals surface area contributed by atoms with Crippen molar-refractivity contribution in [2.24, 2.45) is 11.7 Å². The number of methoxy groups -OCH3 is 1. The molecule has 16 heavy (non-hydrogen) atoms. The molecule has 1 rings (SSSR count). The second kappa shape index (κ2) is 6.12. The van der Waals surface area contributed by atoms with Gasteiger partial charge < -0.3 is 15.8 Å². The average Bonchev–Trinajstić information content (AvgIpc) is 2.35. The molecule has 0 aliphatic rings. The fourth-order valence-corrected chi connectivity index (χ4v) is 1.21. The monoisotopic (exact) mass is 222 g/mol. The summed E-state index contributed by atoms with van der Waals surface area (Å²) >= 11 is 0. The van der Waals surface area contributed by atoms with Gasteiger partial charge in [0.05, 0.1) is 7.11 Å². The first-order valence-electron chi connectivity index (χ1n) is 5.28. The Labute approximate surface area is 95.8 Å². The summed E-state index contributed by atoms with van der Waals surface area (Å²) in [6, 6.07) is 7.58. The van der Waals surface area contributed by atoms with Crippen LogP contribution in [0.2, 0.25) is 0 Å². The van der Waals surface area contributed by atoms with Crippen LogP contribution in [0.15, 0.2) is 24.3 Å². The average molecular weight is 222 g/mol. The van der Waals surface area contributed by atoms with E-state index in [0.717, 1.165) is 11.3 Å². The zero-order valence-electron chi connectivity index (χ0n) is 9.69. The molecule has 0 saturated heterocycles. The molecule has 88 valence electrons. The van der Waals surface area contributed by atoms with E-state index in [9.17, 15) is 4.79 Å². The van der Waals surface area contributed by atoms with Crippen molar-refractivity contribution in [1.82, 2.24) is 5.32 Å². The highest BCUT2D eigenvalue weighted by Gasteiger charge is 2.09. The molecule has 0 spiro atoms. The molecule has 1 aromatic carbocycles. The van der Waals surface area contributed by atoms with Crippen molar-refractivity contribution in [2.45, 2.75) is 13.5 Å². The van der Waals surface area contributed by atoms with Crippen LogP contribution >= 0.6 is 0 Å². The van der Waals surface area contributed by atoms with Crippen molar-refractivity contribution in [3.63, 3.8) is 0 Å². The molecule has 0 bridgehead atoms. The van der Waals surface area contributed by atoms with Gasteiger partial charge in [0.15, 0.2) is 0 Å². The van der Waals surface area contributed by atoms with Crippen LogP contribution in [-0.4, -0.2) is 19.6 Å². The van der Waals surface area contributed by atoms with E-state index < -0.39 is 0 Å². The summed E-state index contributed by atoms with van der Waals surface area (Å²) in [6.07, 6.45) is 0. The minimum absolute atomic E-state index is 0.0154. The van der Waals surface area contributed by atoms with E-state index in [2.05, 4.69) is 5.32 Å². The third kappa shape index (κ3) is 3.55. The maximum atomic E-state index is 11.5. The molecule has 0 saturated carbocycles. The summed E-state index contributed by atoms with van der Waals surface area (Å²) in [7, 11) is 1.62. The highest BCUT2D eigenvalue weighted by molar-refractivity contribution is 5.78. The van der Waals surface area contributed by atoms with Gasteiger partial charge in [-0.15, -0.1) is 0 Å². The smallest absolute Gasteiger partial charge is 0.224 e. The van der Waals surface area contributed by atoms with E-state index >= 15 is 0 Å². The van der Waals surface area contributed by atoms with Crippen LogP contribution < -0.4 is 15.8 Å². The van der Waals surface area contributed by atoms with Gasteiger partial charge in [-0.2, -0.15) is 0 Å².